The number of aromatic nitrogens is 1. The molecule has 1 fully saturated rings. The highest BCUT2D eigenvalue weighted by atomic mass is 14.8. The van der Waals surface area contributed by atoms with Crippen molar-refractivity contribution in [2.75, 3.05) is 6.54 Å². The van der Waals surface area contributed by atoms with E-state index in [4.69, 9.17) is 5.73 Å². The first kappa shape index (κ1) is 9.91. The normalized spacial score (nSPS) is 17.9. The number of nitrogens with one attached hydrogen (secondary N) is 1. The highest BCUT2D eigenvalue weighted by Gasteiger charge is 2.44. The van der Waals surface area contributed by atoms with Gasteiger partial charge in [0, 0.05) is 23.2 Å². The Kier molecular flexibility index (Phi) is 2.08. The molecule has 0 spiro atoms. The van der Waals surface area contributed by atoms with Crippen LogP contribution < -0.4 is 5.73 Å². The standard InChI is InChI=1S/C14H18N2/c1-2-10-3-4-11-8-13(16-12(11)7-10)14(9-15)5-6-14/h3-4,7-8,16H,2,5-6,9,15H2,1H3. The minimum absolute atomic E-state index is 0.269. The lowest BCUT2D eigenvalue weighted by Crippen LogP contribution is -2.19. The third-order valence-electron chi connectivity index (χ3n) is 3.91. The maximum Gasteiger partial charge on any atom is 0.0459 e. The average molecular weight is 214 g/mol. The number of rotatable bonds is 3. The molecule has 0 saturated heterocycles. The SMILES string of the molecule is CCc1ccc2cc(C3(CN)CC3)[nH]c2c1. The molecule has 1 aliphatic rings. The zero-order valence-corrected chi connectivity index (χ0v) is 9.72. The average Bonchev–Trinajstić information content (AvgIpc) is 3.01. The van der Waals surface area contributed by atoms with Crippen molar-refractivity contribution in [3.63, 3.8) is 0 Å². The van der Waals surface area contributed by atoms with Gasteiger partial charge in [-0.05, 0) is 42.3 Å². The Morgan fingerprint density at radius 2 is 2.12 bits per heavy atom. The van der Waals surface area contributed by atoms with Gasteiger partial charge in [-0.1, -0.05) is 19.1 Å². The molecule has 2 aromatic rings. The van der Waals surface area contributed by atoms with E-state index in [-0.39, 0.29) is 5.41 Å². The Morgan fingerprint density at radius 3 is 2.75 bits per heavy atom. The van der Waals surface area contributed by atoms with E-state index >= 15 is 0 Å². The third-order valence-corrected chi connectivity index (χ3v) is 3.91. The van der Waals surface area contributed by atoms with E-state index in [0.717, 1.165) is 13.0 Å². The summed E-state index contributed by atoms with van der Waals surface area (Å²) < 4.78 is 0. The molecule has 84 valence electrons. The molecule has 0 bridgehead atoms. The molecule has 16 heavy (non-hydrogen) atoms. The van der Waals surface area contributed by atoms with Crippen LogP contribution >= 0.6 is 0 Å². The summed E-state index contributed by atoms with van der Waals surface area (Å²) in [7, 11) is 0. The van der Waals surface area contributed by atoms with Crippen LogP contribution in [0, 0.1) is 0 Å². The van der Waals surface area contributed by atoms with Gasteiger partial charge >= 0.3 is 0 Å². The van der Waals surface area contributed by atoms with Crippen LogP contribution in [0.25, 0.3) is 10.9 Å². The number of hydrogen-bond acceptors (Lipinski definition) is 1. The molecular formula is C14H18N2. The number of benzene rings is 1. The zero-order chi connectivity index (χ0) is 11.2. The molecule has 3 N–H and O–H groups in total. The number of aromatic amines is 1. The second-order valence-corrected chi connectivity index (χ2v) is 4.94. The van der Waals surface area contributed by atoms with Gasteiger partial charge in [0.05, 0.1) is 0 Å². The summed E-state index contributed by atoms with van der Waals surface area (Å²) >= 11 is 0. The second-order valence-electron chi connectivity index (χ2n) is 4.94. The quantitative estimate of drug-likeness (QED) is 0.810. The van der Waals surface area contributed by atoms with E-state index in [1.54, 1.807) is 0 Å². The second kappa shape index (κ2) is 3.36. The fourth-order valence-electron chi connectivity index (χ4n) is 2.41. The van der Waals surface area contributed by atoms with Crippen molar-refractivity contribution in [2.45, 2.75) is 31.6 Å². The molecule has 2 nitrogen and oxygen atoms in total. The number of aryl methyl sites for hydroxylation is 1. The molecule has 0 unspecified atom stereocenters. The van der Waals surface area contributed by atoms with E-state index in [9.17, 15) is 0 Å². The lowest BCUT2D eigenvalue weighted by molar-refractivity contribution is 0.686. The topological polar surface area (TPSA) is 41.8 Å². The third kappa shape index (κ3) is 1.37. The van der Waals surface area contributed by atoms with Crippen LogP contribution in [0.4, 0.5) is 0 Å². The molecule has 1 heterocycles. The Labute approximate surface area is 95.8 Å². The maximum absolute atomic E-state index is 5.86. The van der Waals surface area contributed by atoms with Gasteiger partial charge in [-0.15, -0.1) is 0 Å². The van der Waals surface area contributed by atoms with Crippen LogP contribution in [-0.2, 0) is 11.8 Å². The monoisotopic (exact) mass is 214 g/mol. The maximum atomic E-state index is 5.86. The first-order valence-corrected chi connectivity index (χ1v) is 6.09. The molecule has 1 aliphatic carbocycles. The fourth-order valence-corrected chi connectivity index (χ4v) is 2.41. The number of H-pyrrole nitrogens is 1. The van der Waals surface area contributed by atoms with Crippen LogP contribution in [0.2, 0.25) is 0 Å². The molecule has 2 heteroatoms. The summed E-state index contributed by atoms with van der Waals surface area (Å²) in [5.74, 6) is 0. The van der Waals surface area contributed by atoms with E-state index in [1.165, 1.54) is 35.0 Å². The van der Waals surface area contributed by atoms with Crippen molar-refractivity contribution < 1.29 is 0 Å². The van der Waals surface area contributed by atoms with Gasteiger partial charge in [0.1, 0.15) is 0 Å². The molecular weight excluding hydrogens is 196 g/mol. The molecule has 1 aromatic heterocycles. The van der Waals surface area contributed by atoms with Gasteiger partial charge in [0.15, 0.2) is 0 Å². The fraction of sp³-hybridized carbons (Fsp3) is 0.429. The van der Waals surface area contributed by atoms with Crippen LogP contribution in [0.15, 0.2) is 24.3 Å². The molecule has 0 radical (unpaired) electrons. The largest absolute Gasteiger partial charge is 0.358 e. The van der Waals surface area contributed by atoms with Crippen LogP contribution in [0.5, 0.6) is 0 Å². The minimum Gasteiger partial charge on any atom is -0.358 e. The zero-order valence-electron chi connectivity index (χ0n) is 9.72. The molecule has 3 rings (SSSR count). The van der Waals surface area contributed by atoms with Gasteiger partial charge in [0.25, 0.3) is 0 Å². The minimum atomic E-state index is 0.269. The molecule has 1 aromatic carbocycles. The van der Waals surface area contributed by atoms with E-state index in [1.807, 2.05) is 0 Å². The van der Waals surface area contributed by atoms with Crippen molar-refractivity contribution in [3.8, 4) is 0 Å². The number of hydrogen-bond donors (Lipinski definition) is 2. The van der Waals surface area contributed by atoms with Gasteiger partial charge in [0.2, 0.25) is 0 Å². The lowest BCUT2D eigenvalue weighted by atomic mass is 10.0. The van der Waals surface area contributed by atoms with Crippen LogP contribution in [-0.4, -0.2) is 11.5 Å². The predicted octanol–water partition coefficient (Wildman–Crippen LogP) is 2.72. The number of fused-ring (bicyclic) bond motifs is 1. The summed E-state index contributed by atoms with van der Waals surface area (Å²) in [4.78, 5) is 3.54. The summed E-state index contributed by atoms with van der Waals surface area (Å²) in [5, 5.41) is 1.31. The molecule has 0 amide bonds. The molecule has 1 saturated carbocycles. The van der Waals surface area contributed by atoms with Crippen LogP contribution in [0.3, 0.4) is 0 Å². The predicted molar refractivity (Wildman–Crippen MR) is 67.6 cm³/mol. The van der Waals surface area contributed by atoms with E-state index < -0.39 is 0 Å². The van der Waals surface area contributed by atoms with Gasteiger partial charge in [-0.2, -0.15) is 0 Å². The van der Waals surface area contributed by atoms with Crippen molar-refractivity contribution in [1.82, 2.24) is 4.98 Å². The van der Waals surface area contributed by atoms with Crippen molar-refractivity contribution >= 4 is 10.9 Å². The summed E-state index contributed by atoms with van der Waals surface area (Å²) in [6.45, 7) is 2.95. The Morgan fingerprint density at radius 1 is 1.31 bits per heavy atom. The molecule has 0 aliphatic heterocycles. The van der Waals surface area contributed by atoms with Crippen molar-refractivity contribution in [3.05, 3.63) is 35.5 Å². The van der Waals surface area contributed by atoms with Gasteiger partial charge in [-0.3, -0.25) is 0 Å². The first-order chi connectivity index (χ1) is 7.77. The molecule has 0 atom stereocenters. The van der Waals surface area contributed by atoms with E-state index in [0.29, 0.717) is 0 Å². The van der Waals surface area contributed by atoms with E-state index in [2.05, 4.69) is 36.2 Å². The lowest BCUT2D eigenvalue weighted by Gasteiger charge is -2.08. The summed E-state index contributed by atoms with van der Waals surface area (Å²) in [6, 6.07) is 8.95. The van der Waals surface area contributed by atoms with Gasteiger partial charge in [-0.25, -0.2) is 0 Å². The first-order valence-electron chi connectivity index (χ1n) is 6.09. The Bertz CT molecular complexity index is 521. The van der Waals surface area contributed by atoms with Crippen molar-refractivity contribution in [2.24, 2.45) is 5.73 Å². The Hall–Kier alpha value is -1.28. The van der Waals surface area contributed by atoms with Crippen LogP contribution in [0.1, 0.15) is 31.0 Å². The number of nitrogens with two attached hydrogens (primary N) is 1. The van der Waals surface area contributed by atoms with Crippen molar-refractivity contribution in [1.29, 1.82) is 0 Å². The smallest absolute Gasteiger partial charge is 0.0459 e. The summed E-state index contributed by atoms with van der Waals surface area (Å²) in [6.07, 6.45) is 3.56. The Balaban J connectivity index is 2.09. The highest BCUT2D eigenvalue weighted by Crippen LogP contribution is 2.47. The summed E-state index contributed by atoms with van der Waals surface area (Å²) in [5.41, 5.74) is 10.1. The van der Waals surface area contributed by atoms with Gasteiger partial charge < -0.3 is 10.7 Å². The highest BCUT2D eigenvalue weighted by molar-refractivity contribution is 5.81.